The Morgan fingerprint density at radius 3 is 1.84 bits per heavy atom. The molecule has 57 heavy (non-hydrogen) atoms. The van der Waals surface area contributed by atoms with Crippen molar-refractivity contribution in [1.82, 2.24) is 19.1 Å². The van der Waals surface area contributed by atoms with E-state index in [1.165, 1.54) is 57.5 Å². The minimum absolute atomic E-state index is 0.254. The number of nitrogens with zero attached hydrogens (tertiary/aromatic N) is 4. The third-order valence-corrected chi connectivity index (χ3v) is 14.1. The third-order valence-electron chi connectivity index (χ3n) is 11.7. The highest BCUT2D eigenvalue weighted by atomic mass is 35.5. The smallest absolute Gasteiger partial charge is 0.224 e. The van der Waals surface area contributed by atoms with Gasteiger partial charge in [-0.1, -0.05) is 103 Å². The second kappa shape index (κ2) is 11.7. The molecule has 0 bridgehead atoms. The van der Waals surface area contributed by atoms with Gasteiger partial charge in [-0.15, -0.1) is 22.7 Å². The Labute approximate surface area is 338 Å². The van der Waals surface area contributed by atoms with E-state index in [0.29, 0.717) is 0 Å². The van der Waals surface area contributed by atoms with Gasteiger partial charge in [0.25, 0.3) is 0 Å². The Bertz CT molecular complexity index is 3830. The van der Waals surface area contributed by atoms with E-state index in [9.17, 15) is 0 Å². The van der Waals surface area contributed by atoms with Crippen LogP contribution < -0.4 is 0 Å². The first-order valence-corrected chi connectivity index (χ1v) is 20.9. The SMILES string of the molecule is Clc1nc(-c2ccc3c(c2)c2cc(-n4c5ccccc5c5c6c7ccccc7sc6c6ccccc6c54)ccc2n3-c2ccccc2)c2c(n1)sc1ccccc12. The van der Waals surface area contributed by atoms with Gasteiger partial charge in [0.2, 0.25) is 5.28 Å². The summed E-state index contributed by atoms with van der Waals surface area (Å²) in [5.74, 6) is 0. The molecule has 0 saturated carbocycles. The number of thiophene rings is 2. The monoisotopic (exact) mass is 782 g/mol. The van der Waals surface area contributed by atoms with Crippen LogP contribution in [0, 0.1) is 0 Å². The number of hydrogen-bond donors (Lipinski definition) is 0. The van der Waals surface area contributed by atoms with Crippen molar-refractivity contribution in [3.05, 3.63) is 169 Å². The van der Waals surface area contributed by atoms with Gasteiger partial charge in [-0.25, -0.2) is 9.97 Å². The molecule has 0 aliphatic carbocycles. The van der Waals surface area contributed by atoms with Crippen molar-refractivity contribution in [2.75, 3.05) is 0 Å². The molecule has 0 unspecified atom stereocenters. The molecule has 0 amide bonds. The zero-order valence-corrected chi connectivity index (χ0v) is 32.5. The number of aromatic nitrogens is 4. The van der Waals surface area contributed by atoms with E-state index >= 15 is 0 Å². The minimum atomic E-state index is 0.254. The highest BCUT2D eigenvalue weighted by Gasteiger charge is 2.23. The second-order valence-electron chi connectivity index (χ2n) is 14.6. The summed E-state index contributed by atoms with van der Waals surface area (Å²) in [4.78, 5) is 10.5. The number of fused-ring (bicyclic) bond motifs is 16. The van der Waals surface area contributed by atoms with Crippen LogP contribution in [0.2, 0.25) is 5.28 Å². The van der Waals surface area contributed by atoms with Crippen LogP contribution >= 0.6 is 34.3 Å². The lowest BCUT2D eigenvalue weighted by atomic mass is 10.00. The summed E-state index contributed by atoms with van der Waals surface area (Å²) in [7, 11) is 0. The zero-order valence-electron chi connectivity index (χ0n) is 30.1. The van der Waals surface area contributed by atoms with Gasteiger partial charge in [0, 0.05) is 84.9 Å². The van der Waals surface area contributed by atoms with Crippen molar-refractivity contribution in [2.45, 2.75) is 0 Å². The van der Waals surface area contributed by atoms with Crippen LogP contribution in [-0.4, -0.2) is 19.1 Å². The molecule has 0 saturated heterocycles. The van der Waals surface area contributed by atoms with Crippen molar-refractivity contribution in [3.63, 3.8) is 0 Å². The minimum Gasteiger partial charge on any atom is -0.309 e. The highest BCUT2D eigenvalue weighted by molar-refractivity contribution is 7.27. The van der Waals surface area contributed by atoms with Gasteiger partial charge in [0.05, 0.1) is 27.8 Å². The molecule has 0 atom stereocenters. The van der Waals surface area contributed by atoms with E-state index in [4.69, 9.17) is 16.6 Å². The standard InChI is InChI=1S/C50H27ClN4S2/c51-50-52-46(45-35-18-8-11-21-42(35)57-49(45)53-50)28-22-24-39-36(26-28)37-27-30(23-25-40(37)54(39)29-12-2-1-3-13-29)55-38-19-9-6-16-33(38)43-44-34-17-7-10-20-41(34)56-48(44)32-15-5-4-14-31(32)47(43)55/h1-27H. The van der Waals surface area contributed by atoms with Crippen LogP contribution in [0.1, 0.15) is 0 Å². The Morgan fingerprint density at radius 1 is 0.421 bits per heavy atom. The summed E-state index contributed by atoms with van der Waals surface area (Å²) in [5, 5.41) is 12.5. The van der Waals surface area contributed by atoms with E-state index in [1.807, 2.05) is 11.3 Å². The molecular weight excluding hydrogens is 756 g/mol. The van der Waals surface area contributed by atoms with Crippen LogP contribution in [0.3, 0.4) is 0 Å². The van der Waals surface area contributed by atoms with Crippen LogP contribution in [0.15, 0.2) is 164 Å². The fourth-order valence-electron chi connectivity index (χ4n) is 9.35. The lowest BCUT2D eigenvalue weighted by molar-refractivity contribution is 1.17. The van der Waals surface area contributed by atoms with Crippen LogP contribution in [0.4, 0.5) is 0 Å². The quantitative estimate of drug-likeness (QED) is 0.167. The predicted molar refractivity (Wildman–Crippen MR) is 244 cm³/mol. The van der Waals surface area contributed by atoms with Crippen molar-refractivity contribution in [3.8, 4) is 22.6 Å². The molecule has 5 heterocycles. The summed E-state index contributed by atoms with van der Waals surface area (Å²) >= 11 is 10.2. The third kappa shape index (κ3) is 4.37. The first-order chi connectivity index (χ1) is 28.2. The lowest BCUT2D eigenvalue weighted by Gasteiger charge is -2.12. The second-order valence-corrected chi connectivity index (χ2v) is 17.1. The fourth-order valence-corrected chi connectivity index (χ4v) is 11.9. The van der Waals surface area contributed by atoms with Gasteiger partial charge in [-0.05, 0) is 72.3 Å². The Hall–Kier alpha value is -6.57. The van der Waals surface area contributed by atoms with Crippen molar-refractivity contribution >= 4 is 129 Å². The molecule has 7 heteroatoms. The average molecular weight is 783 g/mol. The molecule has 0 aliphatic heterocycles. The number of halogens is 1. The number of para-hydroxylation sites is 2. The van der Waals surface area contributed by atoms with Crippen LogP contribution in [0.25, 0.3) is 117 Å². The first kappa shape index (κ1) is 31.6. The molecule has 8 aromatic carbocycles. The molecule has 0 radical (unpaired) electrons. The van der Waals surface area contributed by atoms with Gasteiger partial charge in [-0.3, -0.25) is 0 Å². The molecule has 0 fully saturated rings. The molecule has 266 valence electrons. The van der Waals surface area contributed by atoms with Crippen molar-refractivity contribution < 1.29 is 0 Å². The topological polar surface area (TPSA) is 35.6 Å². The van der Waals surface area contributed by atoms with Crippen molar-refractivity contribution in [2.24, 2.45) is 0 Å². The summed E-state index contributed by atoms with van der Waals surface area (Å²) in [5.41, 5.74) is 8.78. The summed E-state index contributed by atoms with van der Waals surface area (Å²) in [6, 6.07) is 59.5. The maximum atomic E-state index is 6.65. The molecule has 5 aromatic heterocycles. The molecule has 4 nitrogen and oxygen atoms in total. The van der Waals surface area contributed by atoms with Gasteiger partial charge >= 0.3 is 0 Å². The van der Waals surface area contributed by atoms with Crippen molar-refractivity contribution in [1.29, 1.82) is 0 Å². The average Bonchev–Trinajstić information content (AvgIpc) is 4.01. The summed E-state index contributed by atoms with van der Waals surface area (Å²) in [6.45, 7) is 0. The first-order valence-electron chi connectivity index (χ1n) is 18.9. The summed E-state index contributed by atoms with van der Waals surface area (Å²) in [6.07, 6.45) is 0. The van der Waals surface area contributed by atoms with E-state index in [0.717, 1.165) is 60.0 Å². The molecule has 13 aromatic rings. The molecule has 0 aliphatic rings. The van der Waals surface area contributed by atoms with E-state index in [1.54, 1.807) is 11.3 Å². The largest absolute Gasteiger partial charge is 0.309 e. The molecular formula is C50H27ClN4S2. The Morgan fingerprint density at radius 2 is 1.04 bits per heavy atom. The van der Waals surface area contributed by atoms with E-state index in [-0.39, 0.29) is 5.28 Å². The fraction of sp³-hybridized carbons (Fsp3) is 0. The summed E-state index contributed by atoms with van der Waals surface area (Å²) < 4.78 is 8.70. The van der Waals surface area contributed by atoms with Gasteiger partial charge in [0.15, 0.2) is 0 Å². The Kier molecular flexibility index (Phi) is 6.50. The molecule has 13 rings (SSSR count). The maximum absolute atomic E-state index is 6.65. The predicted octanol–water partition coefficient (Wildman–Crippen LogP) is 14.9. The lowest BCUT2D eigenvalue weighted by Crippen LogP contribution is -1.96. The van der Waals surface area contributed by atoms with E-state index < -0.39 is 0 Å². The normalized spacial score (nSPS) is 12.3. The van der Waals surface area contributed by atoms with E-state index in [2.05, 4.69) is 178 Å². The number of benzene rings is 8. The number of rotatable bonds is 3. The molecule has 0 spiro atoms. The van der Waals surface area contributed by atoms with Gasteiger partial charge < -0.3 is 9.13 Å². The Balaban J connectivity index is 1.16. The molecule has 0 N–H and O–H groups in total. The zero-order chi connectivity index (χ0) is 37.4. The van der Waals surface area contributed by atoms with Crippen LogP contribution in [0.5, 0.6) is 0 Å². The highest BCUT2D eigenvalue weighted by Crippen LogP contribution is 2.48. The van der Waals surface area contributed by atoms with Crippen LogP contribution in [-0.2, 0) is 0 Å². The number of hydrogen-bond acceptors (Lipinski definition) is 4. The van der Waals surface area contributed by atoms with Gasteiger partial charge in [-0.2, -0.15) is 0 Å². The maximum Gasteiger partial charge on any atom is 0.224 e. The van der Waals surface area contributed by atoms with Gasteiger partial charge in [0.1, 0.15) is 4.83 Å².